The van der Waals surface area contributed by atoms with Gasteiger partial charge in [-0.2, -0.15) is 5.10 Å². The van der Waals surface area contributed by atoms with Gasteiger partial charge in [0.1, 0.15) is 5.82 Å². The van der Waals surface area contributed by atoms with Crippen molar-refractivity contribution in [3.63, 3.8) is 0 Å². The third-order valence-corrected chi connectivity index (χ3v) is 5.50. The molecular weight excluding hydrogens is 447 g/mol. The van der Waals surface area contributed by atoms with Gasteiger partial charge in [0.25, 0.3) is 0 Å². The van der Waals surface area contributed by atoms with Crippen molar-refractivity contribution < 1.29 is 18.7 Å². The Bertz CT molecular complexity index is 1300. The first-order chi connectivity index (χ1) is 16.9. The van der Waals surface area contributed by atoms with E-state index < -0.39 is 0 Å². The molecule has 0 aliphatic carbocycles. The highest BCUT2D eigenvalue weighted by atomic mass is 19.1. The van der Waals surface area contributed by atoms with Crippen LogP contribution in [0.4, 0.5) is 4.39 Å². The zero-order valence-electron chi connectivity index (χ0n) is 19.9. The predicted octanol–water partition coefficient (Wildman–Crippen LogP) is 5.07. The number of pyridine rings is 1. The van der Waals surface area contributed by atoms with E-state index in [-0.39, 0.29) is 18.1 Å². The number of aryl methyl sites for hydroxylation is 1. The number of aromatic nitrogens is 3. The van der Waals surface area contributed by atoms with E-state index >= 15 is 0 Å². The molecule has 2 heterocycles. The van der Waals surface area contributed by atoms with Gasteiger partial charge < -0.3 is 14.8 Å². The van der Waals surface area contributed by atoms with Crippen LogP contribution in [0.1, 0.15) is 29.4 Å². The molecule has 35 heavy (non-hydrogen) atoms. The normalized spacial score (nSPS) is 10.7. The van der Waals surface area contributed by atoms with Gasteiger partial charge >= 0.3 is 0 Å². The molecule has 2 aromatic heterocycles. The first-order valence-electron chi connectivity index (χ1n) is 11.4. The maximum Gasteiger partial charge on any atom is 0.224 e. The molecule has 4 rings (SSSR count). The Balaban J connectivity index is 1.35. The van der Waals surface area contributed by atoms with Crippen molar-refractivity contribution in [1.29, 1.82) is 0 Å². The number of hydrogen-bond acceptors (Lipinski definition) is 5. The molecule has 0 unspecified atom stereocenters. The van der Waals surface area contributed by atoms with Gasteiger partial charge in [0.05, 0.1) is 24.4 Å². The van der Waals surface area contributed by atoms with Gasteiger partial charge in [-0.3, -0.25) is 4.79 Å². The molecule has 0 aliphatic heterocycles. The molecule has 180 valence electrons. The largest absolute Gasteiger partial charge is 0.490 e. The van der Waals surface area contributed by atoms with Crippen LogP contribution in [-0.4, -0.2) is 27.3 Å². The Labute approximate surface area is 203 Å². The Morgan fingerprint density at radius 2 is 1.77 bits per heavy atom. The molecule has 4 aromatic rings. The number of para-hydroxylation sites is 2. The molecule has 0 saturated carbocycles. The van der Waals surface area contributed by atoms with Crippen LogP contribution in [0.5, 0.6) is 17.4 Å². The number of nitrogens with one attached hydrogen (secondary N) is 1. The lowest BCUT2D eigenvalue weighted by atomic mass is 10.1. The molecule has 1 amide bonds. The molecule has 0 radical (unpaired) electrons. The summed E-state index contributed by atoms with van der Waals surface area (Å²) in [6.45, 7) is 6.56. The summed E-state index contributed by atoms with van der Waals surface area (Å²) in [6.07, 6.45) is 1.86. The fourth-order valence-corrected chi connectivity index (χ4v) is 3.69. The van der Waals surface area contributed by atoms with Crippen LogP contribution in [-0.2, 0) is 17.8 Å². The third-order valence-electron chi connectivity index (χ3n) is 5.50. The summed E-state index contributed by atoms with van der Waals surface area (Å²) in [5, 5.41) is 7.45. The van der Waals surface area contributed by atoms with Crippen molar-refractivity contribution in [2.75, 3.05) is 6.61 Å². The number of hydrogen-bond donors (Lipinski definition) is 1. The average Bonchev–Trinajstić information content (AvgIpc) is 3.14. The number of amides is 1. The first kappa shape index (κ1) is 23.9. The predicted molar refractivity (Wildman–Crippen MR) is 130 cm³/mol. The highest BCUT2D eigenvalue weighted by Gasteiger charge is 2.16. The van der Waals surface area contributed by atoms with Gasteiger partial charge in [0, 0.05) is 30.1 Å². The van der Waals surface area contributed by atoms with E-state index in [1.807, 2.05) is 51.1 Å². The van der Waals surface area contributed by atoms with Crippen LogP contribution in [0.25, 0.3) is 5.69 Å². The third kappa shape index (κ3) is 5.84. The quantitative estimate of drug-likeness (QED) is 0.366. The van der Waals surface area contributed by atoms with E-state index in [4.69, 9.17) is 9.47 Å². The summed E-state index contributed by atoms with van der Waals surface area (Å²) >= 11 is 0. The van der Waals surface area contributed by atoms with Gasteiger partial charge in [0.2, 0.25) is 11.8 Å². The molecule has 0 aliphatic rings. The van der Waals surface area contributed by atoms with E-state index in [9.17, 15) is 9.18 Å². The molecule has 7 nitrogen and oxygen atoms in total. The minimum Gasteiger partial charge on any atom is -0.490 e. The lowest BCUT2D eigenvalue weighted by molar-refractivity contribution is -0.120. The number of carbonyl (C=O) groups is 1. The summed E-state index contributed by atoms with van der Waals surface area (Å²) in [5.74, 6) is 1.25. The second-order valence-corrected chi connectivity index (χ2v) is 7.98. The minimum atomic E-state index is -0.306. The Morgan fingerprint density at radius 3 is 2.46 bits per heavy atom. The van der Waals surface area contributed by atoms with Gasteiger partial charge in [-0.15, -0.1) is 0 Å². The number of ether oxygens (including phenoxy) is 2. The maximum atomic E-state index is 13.2. The van der Waals surface area contributed by atoms with Crippen LogP contribution in [0, 0.1) is 19.7 Å². The molecule has 0 fully saturated rings. The Kier molecular flexibility index (Phi) is 7.40. The molecule has 0 atom stereocenters. The van der Waals surface area contributed by atoms with E-state index in [0.29, 0.717) is 30.5 Å². The van der Waals surface area contributed by atoms with Gasteiger partial charge in [-0.1, -0.05) is 18.2 Å². The summed E-state index contributed by atoms with van der Waals surface area (Å²) in [5.41, 5.74) is 4.05. The first-order valence-corrected chi connectivity index (χ1v) is 11.4. The van der Waals surface area contributed by atoms with E-state index in [1.54, 1.807) is 29.1 Å². The van der Waals surface area contributed by atoms with Gasteiger partial charge in [-0.05, 0) is 62.7 Å². The molecule has 1 N–H and O–H groups in total. The molecule has 0 bridgehead atoms. The second kappa shape index (κ2) is 10.8. The fourth-order valence-electron chi connectivity index (χ4n) is 3.69. The number of rotatable bonds is 9. The van der Waals surface area contributed by atoms with Crippen LogP contribution in [0.3, 0.4) is 0 Å². The lowest BCUT2D eigenvalue weighted by Gasteiger charge is -2.11. The minimum absolute atomic E-state index is 0.124. The molecule has 0 saturated heterocycles. The van der Waals surface area contributed by atoms with Crippen LogP contribution in [0.2, 0.25) is 0 Å². The zero-order valence-corrected chi connectivity index (χ0v) is 19.9. The van der Waals surface area contributed by atoms with Gasteiger partial charge in [0.15, 0.2) is 11.5 Å². The average molecular weight is 475 g/mol. The summed E-state index contributed by atoms with van der Waals surface area (Å²) < 4.78 is 26.4. The summed E-state index contributed by atoms with van der Waals surface area (Å²) in [4.78, 5) is 17.0. The van der Waals surface area contributed by atoms with Crippen LogP contribution in [0.15, 0.2) is 66.9 Å². The lowest BCUT2D eigenvalue weighted by Crippen LogP contribution is -2.25. The highest BCUT2D eigenvalue weighted by molar-refractivity contribution is 5.79. The molecule has 2 aromatic carbocycles. The van der Waals surface area contributed by atoms with Crippen LogP contribution < -0.4 is 14.8 Å². The zero-order chi connectivity index (χ0) is 24.8. The van der Waals surface area contributed by atoms with Crippen molar-refractivity contribution >= 4 is 5.91 Å². The summed E-state index contributed by atoms with van der Waals surface area (Å²) in [6, 6.07) is 17.1. The summed E-state index contributed by atoms with van der Waals surface area (Å²) in [7, 11) is 0. The number of carbonyl (C=O) groups excluding carboxylic acids is 1. The number of nitrogens with zero attached hydrogens (tertiary/aromatic N) is 3. The molecule has 8 heteroatoms. The molecular formula is C27H27FN4O3. The Hall–Kier alpha value is -4.20. The van der Waals surface area contributed by atoms with Gasteiger partial charge in [-0.25, -0.2) is 14.1 Å². The smallest absolute Gasteiger partial charge is 0.224 e. The van der Waals surface area contributed by atoms with Crippen molar-refractivity contribution in [2.45, 2.75) is 33.7 Å². The second-order valence-electron chi connectivity index (χ2n) is 7.98. The Morgan fingerprint density at radius 1 is 1.03 bits per heavy atom. The highest BCUT2D eigenvalue weighted by Crippen LogP contribution is 2.30. The number of benzene rings is 2. The number of halogens is 1. The van der Waals surface area contributed by atoms with Crippen molar-refractivity contribution in [2.24, 2.45) is 0 Å². The fraction of sp³-hybridized carbons (Fsp3) is 0.222. The topological polar surface area (TPSA) is 78.3 Å². The van der Waals surface area contributed by atoms with Crippen molar-refractivity contribution in [3.8, 4) is 23.1 Å². The van der Waals surface area contributed by atoms with E-state index in [2.05, 4.69) is 15.4 Å². The standard InChI is InChI=1S/C27H27FN4O3/c1-4-34-24-7-5-6-8-25(24)35-27-14-9-20(17-30-27)16-29-26(33)15-23-18(2)31-32(19(23)3)22-12-10-21(28)11-13-22/h5-14,17H,4,15-16H2,1-3H3,(H,29,33). The molecule has 0 spiro atoms. The van der Waals surface area contributed by atoms with Crippen molar-refractivity contribution in [3.05, 3.63) is 95.2 Å². The van der Waals surface area contributed by atoms with E-state index in [1.165, 1.54) is 12.1 Å². The van der Waals surface area contributed by atoms with Crippen LogP contribution >= 0.6 is 0 Å². The SMILES string of the molecule is CCOc1ccccc1Oc1ccc(CNC(=O)Cc2c(C)nn(-c3ccc(F)cc3)c2C)cn1. The maximum absolute atomic E-state index is 13.2. The van der Waals surface area contributed by atoms with E-state index in [0.717, 1.165) is 28.2 Å². The van der Waals surface area contributed by atoms with Crippen molar-refractivity contribution in [1.82, 2.24) is 20.1 Å². The monoisotopic (exact) mass is 474 g/mol.